The quantitative estimate of drug-likeness (QED) is 0.227. The van der Waals surface area contributed by atoms with E-state index in [1.54, 1.807) is 42.5 Å². The molecule has 0 radical (unpaired) electrons. The zero-order valence-electron chi connectivity index (χ0n) is 16.3. The largest absolute Gasteiger partial charge is 0.494 e. The molecule has 6 nitrogen and oxygen atoms in total. The van der Waals surface area contributed by atoms with Gasteiger partial charge in [-0.1, -0.05) is 24.6 Å². The lowest BCUT2D eigenvalue weighted by atomic mass is 10.2. The van der Waals surface area contributed by atoms with Crippen LogP contribution in [0.3, 0.4) is 0 Å². The molecule has 0 atom stereocenters. The van der Waals surface area contributed by atoms with Crippen LogP contribution in [-0.2, 0) is 4.74 Å². The number of carboxylic acids is 1. The Hall–Kier alpha value is -3.12. The average molecular weight is 398 g/mol. The van der Waals surface area contributed by atoms with Crippen LogP contribution in [0.25, 0.3) is 0 Å². The van der Waals surface area contributed by atoms with Gasteiger partial charge < -0.3 is 19.3 Å². The smallest absolute Gasteiger partial charge is 0.343 e. The maximum absolute atomic E-state index is 12.3. The highest BCUT2D eigenvalue weighted by atomic mass is 16.5. The van der Waals surface area contributed by atoms with Gasteiger partial charge in [0.2, 0.25) is 0 Å². The Kier molecular flexibility index (Phi) is 9.45. The van der Waals surface area contributed by atoms with E-state index in [2.05, 4.69) is 6.58 Å². The maximum atomic E-state index is 12.3. The molecule has 0 spiro atoms. The highest BCUT2D eigenvalue weighted by Gasteiger charge is 2.15. The molecule has 0 aliphatic carbocycles. The van der Waals surface area contributed by atoms with Gasteiger partial charge in [-0.25, -0.2) is 9.59 Å². The lowest BCUT2D eigenvalue weighted by molar-refractivity contribution is 0.0681. The molecule has 6 heteroatoms. The van der Waals surface area contributed by atoms with Crippen molar-refractivity contribution in [3.8, 4) is 11.5 Å². The van der Waals surface area contributed by atoms with E-state index in [-0.39, 0.29) is 11.3 Å². The Morgan fingerprint density at radius 2 is 1.62 bits per heavy atom. The Labute approximate surface area is 170 Å². The van der Waals surface area contributed by atoms with Gasteiger partial charge in [0.25, 0.3) is 0 Å². The third-order valence-electron chi connectivity index (χ3n) is 4.10. The number of unbranched alkanes of at least 4 members (excludes halogenated alkanes) is 3. The number of carboxylic acid groups (broad SMARTS) is 1. The van der Waals surface area contributed by atoms with E-state index in [0.29, 0.717) is 24.5 Å². The van der Waals surface area contributed by atoms with Gasteiger partial charge in [0.15, 0.2) is 0 Å². The van der Waals surface area contributed by atoms with Crippen molar-refractivity contribution in [3.05, 3.63) is 72.3 Å². The van der Waals surface area contributed by atoms with Crippen molar-refractivity contribution in [2.45, 2.75) is 25.7 Å². The molecule has 2 aromatic rings. The van der Waals surface area contributed by atoms with Crippen molar-refractivity contribution >= 4 is 11.9 Å². The number of aromatic carboxylic acids is 1. The molecule has 0 saturated heterocycles. The number of carbonyl (C=O) groups excluding carboxylic acids is 1. The summed E-state index contributed by atoms with van der Waals surface area (Å²) in [5, 5.41) is 9.15. The first-order chi connectivity index (χ1) is 14.1. The van der Waals surface area contributed by atoms with Gasteiger partial charge in [-0.3, -0.25) is 0 Å². The molecule has 0 aliphatic heterocycles. The monoisotopic (exact) mass is 398 g/mol. The van der Waals surface area contributed by atoms with Crippen molar-refractivity contribution in [1.29, 1.82) is 0 Å². The molecular weight excluding hydrogens is 372 g/mol. The number of rotatable bonds is 13. The molecule has 1 N–H and O–H groups in total. The molecule has 0 heterocycles. The highest BCUT2D eigenvalue weighted by Crippen LogP contribution is 2.20. The third-order valence-corrected chi connectivity index (χ3v) is 4.10. The van der Waals surface area contributed by atoms with E-state index in [9.17, 15) is 9.59 Å². The van der Waals surface area contributed by atoms with Gasteiger partial charge >= 0.3 is 11.9 Å². The van der Waals surface area contributed by atoms with Crippen molar-refractivity contribution in [3.63, 3.8) is 0 Å². The summed E-state index contributed by atoms with van der Waals surface area (Å²) in [7, 11) is 0. The zero-order valence-corrected chi connectivity index (χ0v) is 16.3. The second kappa shape index (κ2) is 12.4. The van der Waals surface area contributed by atoms with Crippen LogP contribution < -0.4 is 9.47 Å². The second-order valence-corrected chi connectivity index (χ2v) is 6.34. The van der Waals surface area contributed by atoms with Gasteiger partial charge in [-0.15, -0.1) is 6.58 Å². The van der Waals surface area contributed by atoms with Crippen LogP contribution in [0.15, 0.2) is 61.2 Å². The van der Waals surface area contributed by atoms with Crippen molar-refractivity contribution < 1.29 is 28.9 Å². The molecule has 0 unspecified atom stereocenters. The number of benzene rings is 2. The van der Waals surface area contributed by atoms with Crippen LogP contribution in [0.2, 0.25) is 0 Å². The van der Waals surface area contributed by atoms with Crippen LogP contribution in [0.5, 0.6) is 11.5 Å². The number of hydrogen-bond acceptors (Lipinski definition) is 5. The molecule has 0 fully saturated rings. The Morgan fingerprint density at radius 3 is 2.31 bits per heavy atom. The number of carbonyl (C=O) groups is 2. The van der Waals surface area contributed by atoms with E-state index < -0.39 is 11.9 Å². The number of esters is 1. The fourth-order valence-electron chi connectivity index (χ4n) is 2.59. The first-order valence-electron chi connectivity index (χ1n) is 9.58. The van der Waals surface area contributed by atoms with Crippen LogP contribution in [0.1, 0.15) is 46.4 Å². The summed E-state index contributed by atoms with van der Waals surface area (Å²) >= 11 is 0. The van der Waals surface area contributed by atoms with Gasteiger partial charge in [0.1, 0.15) is 17.1 Å². The Morgan fingerprint density at radius 1 is 0.931 bits per heavy atom. The molecular formula is C23H26O6. The van der Waals surface area contributed by atoms with E-state index in [1.807, 2.05) is 0 Å². The Balaban J connectivity index is 1.73. The molecule has 29 heavy (non-hydrogen) atoms. The molecule has 0 aromatic heterocycles. The average Bonchev–Trinajstić information content (AvgIpc) is 2.73. The minimum atomic E-state index is -1.15. The normalized spacial score (nSPS) is 10.3. The van der Waals surface area contributed by atoms with Crippen LogP contribution in [0.4, 0.5) is 0 Å². The summed E-state index contributed by atoms with van der Waals surface area (Å²) in [6.45, 7) is 5.55. The molecule has 2 rings (SSSR count). The lowest BCUT2D eigenvalue weighted by Gasteiger charge is -2.09. The number of para-hydroxylation sites is 1. The molecule has 2 aromatic carbocycles. The van der Waals surface area contributed by atoms with Crippen molar-refractivity contribution in [1.82, 2.24) is 0 Å². The zero-order chi connectivity index (χ0) is 20.9. The van der Waals surface area contributed by atoms with Crippen LogP contribution in [0, 0.1) is 0 Å². The molecule has 0 bridgehead atoms. The van der Waals surface area contributed by atoms with Gasteiger partial charge in [-0.05, 0) is 55.7 Å². The molecule has 154 valence electrons. The van der Waals surface area contributed by atoms with Gasteiger partial charge in [0, 0.05) is 6.61 Å². The lowest BCUT2D eigenvalue weighted by Crippen LogP contribution is -2.11. The summed E-state index contributed by atoms with van der Waals surface area (Å²) < 4.78 is 16.2. The van der Waals surface area contributed by atoms with Gasteiger partial charge in [0.05, 0.1) is 18.8 Å². The summed E-state index contributed by atoms with van der Waals surface area (Å²) in [4.78, 5) is 23.4. The predicted octanol–water partition coefficient (Wildman–Crippen LogP) is 4.75. The minimum absolute atomic E-state index is 0.0141. The predicted molar refractivity (Wildman–Crippen MR) is 110 cm³/mol. The van der Waals surface area contributed by atoms with E-state index >= 15 is 0 Å². The van der Waals surface area contributed by atoms with Gasteiger partial charge in [-0.2, -0.15) is 0 Å². The minimum Gasteiger partial charge on any atom is -0.494 e. The third kappa shape index (κ3) is 7.79. The first-order valence-corrected chi connectivity index (χ1v) is 9.58. The number of ether oxygens (including phenoxy) is 3. The van der Waals surface area contributed by atoms with E-state index in [1.165, 1.54) is 12.1 Å². The number of hydrogen-bond donors (Lipinski definition) is 1. The van der Waals surface area contributed by atoms with Crippen LogP contribution >= 0.6 is 0 Å². The summed E-state index contributed by atoms with van der Waals surface area (Å²) in [5.41, 5.74) is 0.255. The fourth-order valence-corrected chi connectivity index (χ4v) is 2.59. The van der Waals surface area contributed by atoms with E-state index in [0.717, 1.165) is 32.3 Å². The standard InChI is InChI=1S/C23H26O6/c1-2-15-27-16-7-3-4-8-17-28-19-13-11-18(12-14-19)23(26)29-21-10-6-5-9-20(21)22(24)25/h2,5-6,9-14H,1,3-4,7-8,15-17H2,(H,24,25). The Bertz CT molecular complexity index is 797. The van der Waals surface area contributed by atoms with E-state index in [4.69, 9.17) is 19.3 Å². The summed E-state index contributed by atoms with van der Waals surface area (Å²) in [6.07, 6.45) is 5.86. The van der Waals surface area contributed by atoms with Crippen molar-refractivity contribution in [2.24, 2.45) is 0 Å². The summed E-state index contributed by atoms with van der Waals surface area (Å²) in [6, 6.07) is 12.6. The van der Waals surface area contributed by atoms with Crippen LogP contribution in [-0.4, -0.2) is 36.9 Å². The highest BCUT2D eigenvalue weighted by molar-refractivity contribution is 5.95. The fraction of sp³-hybridized carbons (Fsp3) is 0.304. The topological polar surface area (TPSA) is 82.1 Å². The van der Waals surface area contributed by atoms with Crippen molar-refractivity contribution in [2.75, 3.05) is 19.8 Å². The second-order valence-electron chi connectivity index (χ2n) is 6.34. The summed E-state index contributed by atoms with van der Waals surface area (Å²) in [5.74, 6) is -1.09. The molecule has 0 saturated carbocycles. The molecule has 0 aliphatic rings. The maximum Gasteiger partial charge on any atom is 0.343 e. The first kappa shape index (κ1) is 22.2. The molecule has 0 amide bonds. The SMILES string of the molecule is C=CCOCCCCCCOc1ccc(C(=O)Oc2ccccc2C(=O)O)cc1.